The van der Waals surface area contributed by atoms with Crippen LogP contribution in [0, 0.1) is 34.0 Å². The Balaban J connectivity index is 2.18. The van der Waals surface area contributed by atoms with Crippen LogP contribution < -0.4 is 0 Å². The molecular weight excluding hydrogens is 246 g/mol. The summed E-state index contributed by atoms with van der Waals surface area (Å²) < 4.78 is 0. The molecule has 3 nitrogen and oxygen atoms in total. The molecule has 0 radical (unpaired) electrons. The fraction of sp³-hybridized carbons (Fsp3) is 0.118. The van der Waals surface area contributed by atoms with E-state index in [1.807, 2.05) is 24.3 Å². The van der Waals surface area contributed by atoms with Gasteiger partial charge in [0.15, 0.2) is 0 Å². The SMILES string of the molecule is N#Cc1ccc(C[C@H](C#N)c2ccc(C#N)cc2)cc1. The van der Waals surface area contributed by atoms with Gasteiger partial charge < -0.3 is 0 Å². The van der Waals surface area contributed by atoms with Crippen molar-refractivity contribution in [2.24, 2.45) is 0 Å². The third kappa shape index (κ3) is 3.02. The minimum absolute atomic E-state index is 0.254. The van der Waals surface area contributed by atoms with Crippen LogP contribution in [-0.2, 0) is 6.42 Å². The van der Waals surface area contributed by atoms with Gasteiger partial charge in [-0.1, -0.05) is 24.3 Å². The van der Waals surface area contributed by atoms with E-state index in [0.717, 1.165) is 11.1 Å². The summed E-state index contributed by atoms with van der Waals surface area (Å²) in [4.78, 5) is 0. The highest BCUT2D eigenvalue weighted by Gasteiger charge is 2.11. The molecule has 0 aliphatic rings. The summed E-state index contributed by atoms with van der Waals surface area (Å²) >= 11 is 0. The molecule has 0 unspecified atom stereocenters. The molecule has 0 aromatic heterocycles. The first-order valence-corrected chi connectivity index (χ1v) is 6.15. The molecule has 0 heterocycles. The predicted molar refractivity (Wildman–Crippen MR) is 74.4 cm³/mol. The molecule has 0 N–H and O–H groups in total. The van der Waals surface area contributed by atoms with Gasteiger partial charge in [-0.2, -0.15) is 15.8 Å². The number of benzene rings is 2. The second-order valence-corrected chi connectivity index (χ2v) is 4.43. The molecule has 2 aromatic carbocycles. The van der Waals surface area contributed by atoms with Crippen LogP contribution in [0.2, 0.25) is 0 Å². The minimum atomic E-state index is -0.254. The maximum atomic E-state index is 9.30. The van der Waals surface area contributed by atoms with E-state index in [-0.39, 0.29) is 5.92 Å². The monoisotopic (exact) mass is 257 g/mol. The fourth-order valence-electron chi connectivity index (χ4n) is 1.98. The molecule has 1 atom stereocenters. The van der Waals surface area contributed by atoms with Crippen molar-refractivity contribution in [2.75, 3.05) is 0 Å². The van der Waals surface area contributed by atoms with E-state index in [1.54, 1.807) is 24.3 Å². The highest BCUT2D eigenvalue weighted by atomic mass is 14.3. The summed E-state index contributed by atoms with van der Waals surface area (Å²) in [5.74, 6) is -0.254. The van der Waals surface area contributed by atoms with Gasteiger partial charge in [0.2, 0.25) is 0 Å². The van der Waals surface area contributed by atoms with Gasteiger partial charge in [0, 0.05) is 0 Å². The maximum absolute atomic E-state index is 9.30. The Bertz CT molecular complexity index is 707. The van der Waals surface area contributed by atoms with Gasteiger partial charge in [-0.15, -0.1) is 0 Å². The number of hydrogen-bond donors (Lipinski definition) is 0. The van der Waals surface area contributed by atoms with Crippen molar-refractivity contribution < 1.29 is 0 Å². The standard InChI is InChI=1S/C17H11N3/c18-10-14-3-1-13(2-4-14)9-17(12-20)16-7-5-15(11-19)6-8-16/h1-8,17H,9H2/t17-/m1/s1. The largest absolute Gasteiger partial charge is 0.198 e. The molecule has 0 amide bonds. The lowest BCUT2D eigenvalue weighted by Crippen LogP contribution is -2.00. The predicted octanol–water partition coefficient (Wildman–Crippen LogP) is 3.28. The Morgan fingerprint density at radius 3 is 1.70 bits per heavy atom. The molecule has 2 rings (SSSR count). The number of nitriles is 3. The number of hydrogen-bond acceptors (Lipinski definition) is 3. The van der Waals surface area contributed by atoms with Gasteiger partial charge in [-0.3, -0.25) is 0 Å². The number of rotatable bonds is 3. The highest BCUT2D eigenvalue weighted by molar-refractivity contribution is 5.37. The van der Waals surface area contributed by atoms with Gasteiger partial charge in [-0.05, 0) is 41.8 Å². The van der Waals surface area contributed by atoms with E-state index >= 15 is 0 Å². The van der Waals surface area contributed by atoms with Crippen molar-refractivity contribution in [3.63, 3.8) is 0 Å². The highest BCUT2D eigenvalue weighted by Crippen LogP contribution is 2.21. The first kappa shape index (κ1) is 13.3. The molecule has 0 spiro atoms. The maximum Gasteiger partial charge on any atom is 0.0991 e. The van der Waals surface area contributed by atoms with Crippen molar-refractivity contribution in [2.45, 2.75) is 12.3 Å². The molecule has 0 bridgehead atoms. The Labute approximate surface area is 117 Å². The molecular formula is C17H11N3. The average Bonchev–Trinajstić information content (AvgIpc) is 2.53. The summed E-state index contributed by atoms with van der Waals surface area (Å²) in [5.41, 5.74) is 3.11. The van der Waals surface area contributed by atoms with Crippen LogP contribution in [0.4, 0.5) is 0 Å². The van der Waals surface area contributed by atoms with Gasteiger partial charge in [0.05, 0.1) is 35.3 Å². The molecule has 0 saturated heterocycles. The Hall–Kier alpha value is -3.09. The lowest BCUT2D eigenvalue weighted by Gasteiger charge is -2.09. The van der Waals surface area contributed by atoms with E-state index in [4.69, 9.17) is 10.5 Å². The van der Waals surface area contributed by atoms with E-state index in [0.29, 0.717) is 17.5 Å². The molecule has 0 saturated carbocycles. The third-order valence-electron chi connectivity index (χ3n) is 3.12. The van der Waals surface area contributed by atoms with Crippen LogP contribution in [0.3, 0.4) is 0 Å². The fourth-order valence-corrected chi connectivity index (χ4v) is 1.98. The summed E-state index contributed by atoms with van der Waals surface area (Å²) in [6.07, 6.45) is 0.591. The Morgan fingerprint density at radius 2 is 1.25 bits per heavy atom. The zero-order valence-corrected chi connectivity index (χ0v) is 10.7. The molecule has 0 fully saturated rings. The summed E-state index contributed by atoms with van der Waals surface area (Å²) in [5, 5.41) is 26.8. The molecule has 20 heavy (non-hydrogen) atoms. The Morgan fingerprint density at radius 1 is 0.750 bits per heavy atom. The van der Waals surface area contributed by atoms with Crippen molar-refractivity contribution in [1.82, 2.24) is 0 Å². The molecule has 0 aliphatic carbocycles. The van der Waals surface area contributed by atoms with Crippen LogP contribution in [-0.4, -0.2) is 0 Å². The molecule has 0 aliphatic heterocycles. The normalized spacial score (nSPS) is 10.8. The van der Waals surface area contributed by atoms with E-state index in [9.17, 15) is 5.26 Å². The first-order chi connectivity index (χ1) is 9.76. The molecule has 3 heteroatoms. The summed E-state index contributed by atoms with van der Waals surface area (Å²) in [6.45, 7) is 0. The quantitative estimate of drug-likeness (QED) is 0.847. The van der Waals surface area contributed by atoms with Crippen LogP contribution in [0.15, 0.2) is 48.5 Å². The van der Waals surface area contributed by atoms with Crippen LogP contribution >= 0.6 is 0 Å². The number of nitrogens with zero attached hydrogens (tertiary/aromatic N) is 3. The third-order valence-corrected chi connectivity index (χ3v) is 3.12. The second-order valence-electron chi connectivity index (χ2n) is 4.43. The topological polar surface area (TPSA) is 71.4 Å². The zero-order valence-electron chi connectivity index (χ0n) is 10.7. The van der Waals surface area contributed by atoms with E-state index < -0.39 is 0 Å². The van der Waals surface area contributed by atoms with Gasteiger partial charge in [0.25, 0.3) is 0 Å². The van der Waals surface area contributed by atoms with E-state index in [2.05, 4.69) is 18.2 Å². The van der Waals surface area contributed by atoms with Gasteiger partial charge in [0.1, 0.15) is 0 Å². The zero-order chi connectivity index (χ0) is 14.4. The van der Waals surface area contributed by atoms with Gasteiger partial charge >= 0.3 is 0 Å². The van der Waals surface area contributed by atoms with Crippen molar-refractivity contribution in [3.8, 4) is 18.2 Å². The molecule has 2 aromatic rings. The average molecular weight is 257 g/mol. The second kappa shape index (κ2) is 6.19. The smallest absolute Gasteiger partial charge is 0.0991 e. The van der Waals surface area contributed by atoms with Crippen molar-refractivity contribution >= 4 is 0 Å². The van der Waals surface area contributed by atoms with Crippen LogP contribution in [0.25, 0.3) is 0 Å². The van der Waals surface area contributed by atoms with Crippen LogP contribution in [0.5, 0.6) is 0 Å². The molecule has 94 valence electrons. The van der Waals surface area contributed by atoms with Gasteiger partial charge in [-0.25, -0.2) is 0 Å². The van der Waals surface area contributed by atoms with Crippen molar-refractivity contribution in [3.05, 3.63) is 70.8 Å². The first-order valence-electron chi connectivity index (χ1n) is 6.15. The van der Waals surface area contributed by atoms with Crippen molar-refractivity contribution in [1.29, 1.82) is 15.8 Å². The van der Waals surface area contributed by atoms with E-state index in [1.165, 1.54) is 0 Å². The Kier molecular flexibility index (Phi) is 4.13. The summed E-state index contributed by atoms with van der Waals surface area (Å²) in [6, 6.07) is 20.7. The van der Waals surface area contributed by atoms with Crippen LogP contribution in [0.1, 0.15) is 28.2 Å². The lowest BCUT2D eigenvalue weighted by atomic mass is 9.92. The lowest BCUT2D eigenvalue weighted by molar-refractivity contribution is 0.849. The summed E-state index contributed by atoms with van der Waals surface area (Å²) in [7, 11) is 0. The minimum Gasteiger partial charge on any atom is -0.198 e.